The van der Waals surface area contributed by atoms with E-state index in [1.807, 2.05) is 12.1 Å². The summed E-state index contributed by atoms with van der Waals surface area (Å²) in [6.45, 7) is 2.18. The van der Waals surface area contributed by atoms with Gasteiger partial charge in [-0.2, -0.15) is 0 Å². The zero-order valence-electron chi connectivity index (χ0n) is 13.5. The second-order valence-corrected chi connectivity index (χ2v) is 6.86. The normalized spacial score (nSPS) is 13.2. The summed E-state index contributed by atoms with van der Waals surface area (Å²) < 4.78 is 0. The molecule has 24 heavy (non-hydrogen) atoms. The number of benzene rings is 2. The van der Waals surface area contributed by atoms with Crippen LogP contribution in [-0.4, -0.2) is 5.91 Å². The minimum Gasteiger partial charge on any atom is -0.326 e. The van der Waals surface area contributed by atoms with Crippen LogP contribution < -0.4 is 5.32 Å². The number of anilines is 1. The Labute approximate surface area is 152 Å². The summed E-state index contributed by atoms with van der Waals surface area (Å²) in [5, 5.41) is 3.92. The number of fused-ring (bicyclic) bond motifs is 1. The average Bonchev–Trinajstić information content (AvgIpc) is 2.57. The average molecular weight is 360 g/mol. The molecular weight excluding hydrogens is 341 g/mol. The van der Waals surface area contributed by atoms with Crippen molar-refractivity contribution in [3.63, 3.8) is 0 Å². The molecule has 0 radical (unpaired) electrons. The van der Waals surface area contributed by atoms with Gasteiger partial charge in [-0.1, -0.05) is 53.9 Å². The minimum absolute atomic E-state index is 0.0659. The molecule has 124 valence electrons. The predicted molar refractivity (Wildman–Crippen MR) is 102 cm³/mol. The van der Waals surface area contributed by atoms with Gasteiger partial charge >= 0.3 is 0 Å². The van der Waals surface area contributed by atoms with Gasteiger partial charge in [0.05, 0.1) is 16.5 Å². The zero-order chi connectivity index (χ0) is 17.1. The van der Waals surface area contributed by atoms with E-state index in [2.05, 4.69) is 30.4 Å². The van der Waals surface area contributed by atoms with Crippen molar-refractivity contribution in [1.82, 2.24) is 0 Å². The lowest BCUT2D eigenvalue weighted by molar-refractivity contribution is -0.115. The zero-order valence-corrected chi connectivity index (χ0v) is 15.0. The second-order valence-electron chi connectivity index (χ2n) is 6.04. The van der Waals surface area contributed by atoms with Crippen LogP contribution in [0.2, 0.25) is 10.0 Å². The first-order valence-corrected chi connectivity index (χ1v) is 8.87. The van der Waals surface area contributed by atoms with Crippen LogP contribution in [0.1, 0.15) is 36.5 Å². The van der Waals surface area contributed by atoms with E-state index in [1.54, 1.807) is 12.1 Å². The first-order valence-electron chi connectivity index (χ1n) is 8.11. The molecule has 0 atom stereocenters. The van der Waals surface area contributed by atoms with E-state index in [9.17, 15) is 4.79 Å². The highest BCUT2D eigenvalue weighted by atomic mass is 35.5. The maximum absolute atomic E-state index is 12.3. The van der Waals surface area contributed by atoms with Gasteiger partial charge in [0.15, 0.2) is 0 Å². The quantitative estimate of drug-likeness (QED) is 0.721. The van der Waals surface area contributed by atoms with E-state index in [1.165, 1.54) is 16.7 Å². The molecular formula is C20H19Cl2NO. The summed E-state index contributed by atoms with van der Waals surface area (Å²) in [6, 6.07) is 11.4. The molecule has 1 aliphatic rings. The molecule has 1 N–H and O–H groups in total. The van der Waals surface area contributed by atoms with Gasteiger partial charge in [0.25, 0.3) is 0 Å². The van der Waals surface area contributed by atoms with Crippen LogP contribution in [-0.2, 0) is 17.6 Å². The predicted octanol–water partition coefficient (Wildman–Crippen LogP) is 5.91. The third-order valence-electron chi connectivity index (χ3n) is 4.31. The van der Waals surface area contributed by atoms with Crippen molar-refractivity contribution in [3.8, 4) is 0 Å². The molecule has 0 heterocycles. The van der Waals surface area contributed by atoms with Crippen molar-refractivity contribution in [2.45, 2.75) is 32.6 Å². The maximum Gasteiger partial charge on any atom is 0.228 e. The Morgan fingerprint density at radius 1 is 1.08 bits per heavy atom. The first kappa shape index (κ1) is 17.1. The van der Waals surface area contributed by atoms with E-state index in [0.29, 0.717) is 10.0 Å². The lowest BCUT2D eigenvalue weighted by Crippen LogP contribution is -2.14. The number of hydrogen-bond donors (Lipinski definition) is 1. The van der Waals surface area contributed by atoms with Crippen LogP contribution in [0.5, 0.6) is 0 Å². The van der Waals surface area contributed by atoms with E-state index in [-0.39, 0.29) is 12.3 Å². The number of nitrogens with one attached hydrogen (secondary N) is 1. The minimum atomic E-state index is -0.0659. The van der Waals surface area contributed by atoms with Crippen LogP contribution in [0, 0.1) is 0 Å². The largest absolute Gasteiger partial charge is 0.326 e. The third kappa shape index (κ3) is 4.00. The second kappa shape index (κ2) is 7.42. The molecule has 1 amide bonds. The van der Waals surface area contributed by atoms with Crippen molar-refractivity contribution in [3.05, 3.63) is 68.7 Å². The Bertz CT molecular complexity index is 811. The summed E-state index contributed by atoms with van der Waals surface area (Å²) in [5.74, 6) is -0.0659. The fourth-order valence-electron chi connectivity index (χ4n) is 2.94. The number of rotatable bonds is 4. The smallest absolute Gasteiger partial charge is 0.228 e. The summed E-state index contributed by atoms with van der Waals surface area (Å²) in [5.41, 5.74) is 5.68. The van der Waals surface area contributed by atoms with Crippen LogP contribution in [0.3, 0.4) is 0 Å². The molecule has 0 fully saturated rings. The number of allylic oxidation sites excluding steroid dienone is 1. The topological polar surface area (TPSA) is 29.1 Å². The SMILES string of the molecule is CCC1=Cc2cc(NC(=O)Cc3ccc(Cl)c(Cl)c3)ccc2CC1. The highest BCUT2D eigenvalue weighted by molar-refractivity contribution is 6.42. The molecule has 2 aromatic carbocycles. The number of aryl methyl sites for hydroxylation is 1. The van der Waals surface area contributed by atoms with E-state index < -0.39 is 0 Å². The Morgan fingerprint density at radius 3 is 2.67 bits per heavy atom. The van der Waals surface area contributed by atoms with Gasteiger partial charge < -0.3 is 5.32 Å². The van der Waals surface area contributed by atoms with Gasteiger partial charge in [-0.25, -0.2) is 0 Å². The summed E-state index contributed by atoms with van der Waals surface area (Å²) in [7, 11) is 0. The Hall–Kier alpha value is -1.77. The molecule has 4 heteroatoms. The van der Waals surface area contributed by atoms with Crippen molar-refractivity contribution in [2.75, 3.05) is 5.32 Å². The molecule has 2 aromatic rings. The van der Waals surface area contributed by atoms with Crippen molar-refractivity contribution >= 4 is 40.9 Å². The fraction of sp³-hybridized carbons (Fsp3) is 0.250. The molecule has 2 nitrogen and oxygen atoms in total. The molecule has 0 unspecified atom stereocenters. The van der Waals surface area contributed by atoms with Crippen molar-refractivity contribution < 1.29 is 4.79 Å². The van der Waals surface area contributed by atoms with Crippen LogP contribution in [0.25, 0.3) is 6.08 Å². The van der Waals surface area contributed by atoms with Gasteiger partial charge in [0.2, 0.25) is 5.91 Å². The van der Waals surface area contributed by atoms with Crippen LogP contribution >= 0.6 is 23.2 Å². The molecule has 3 rings (SSSR count). The first-order chi connectivity index (χ1) is 11.5. The Kier molecular flexibility index (Phi) is 5.27. The monoisotopic (exact) mass is 359 g/mol. The van der Waals surface area contributed by atoms with E-state index in [4.69, 9.17) is 23.2 Å². The molecule has 0 aliphatic heterocycles. The number of carbonyl (C=O) groups excluding carboxylic acids is 1. The molecule has 0 spiro atoms. The van der Waals surface area contributed by atoms with Gasteiger partial charge in [0.1, 0.15) is 0 Å². The Balaban J connectivity index is 1.71. The summed E-state index contributed by atoms with van der Waals surface area (Å²) in [4.78, 5) is 12.3. The number of hydrogen-bond acceptors (Lipinski definition) is 1. The maximum atomic E-state index is 12.3. The van der Waals surface area contributed by atoms with Crippen LogP contribution in [0.4, 0.5) is 5.69 Å². The van der Waals surface area contributed by atoms with Crippen LogP contribution in [0.15, 0.2) is 42.0 Å². The lowest BCUT2D eigenvalue weighted by Gasteiger charge is -2.17. The third-order valence-corrected chi connectivity index (χ3v) is 5.05. The molecule has 0 saturated carbocycles. The van der Waals surface area contributed by atoms with E-state index >= 15 is 0 Å². The van der Waals surface area contributed by atoms with E-state index in [0.717, 1.165) is 30.5 Å². The van der Waals surface area contributed by atoms with Gasteiger partial charge in [-0.15, -0.1) is 0 Å². The van der Waals surface area contributed by atoms with Gasteiger partial charge in [-0.05, 0) is 60.2 Å². The standard InChI is InChI=1S/C20H19Cl2NO/c1-2-13-3-5-15-6-7-17(12-16(15)9-13)23-20(24)11-14-4-8-18(21)19(22)10-14/h4,6-10,12H,2-3,5,11H2,1H3,(H,23,24). The molecule has 0 saturated heterocycles. The molecule has 0 bridgehead atoms. The number of halogens is 2. The highest BCUT2D eigenvalue weighted by Gasteiger charge is 2.11. The van der Waals surface area contributed by atoms with Gasteiger partial charge in [-0.3, -0.25) is 4.79 Å². The lowest BCUT2D eigenvalue weighted by atomic mass is 9.91. The summed E-state index contributed by atoms with van der Waals surface area (Å²) in [6.07, 6.45) is 5.80. The summed E-state index contributed by atoms with van der Waals surface area (Å²) >= 11 is 11.9. The fourth-order valence-corrected chi connectivity index (χ4v) is 3.26. The van der Waals surface area contributed by atoms with Crippen molar-refractivity contribution in [2.24, 2.45) is 0 Å². The van der Waals surface area contributed by atoms with Gasteiger partial charge in [0, 0.05) is 5.69 Å². The number of carbonyl (C=O) groups is 1. The van der Waals surface area contributed by atoms with Crippen molar-refractivity contribution in [1.29, 1.82) is 0 Å². The molecule has 1 aliphatic carbocycles. The molecule has 0 aromatic heterocycles. The highest BCUT2D eigenvalue weighted by Crippen LogP contribution is 2.28. The number of amides is 1. The Morgan fingerprint density at radius 2 is 1.92 bits per heavy atom.